The standard InChI is InChI=1S/C19H19N3O2S/c1-22(2)16-9-7-15(8-10-16)20-19-21-17(12-25-19)13-3-5-14(6-4-13)18(24)11-23/h3-10,12,23H,11H2,1-2H3,(H,20,21). The number of hydrogen-bond acceptors (Lipinski definition) is 6. The average Bonchev–Trinajstić information content (AvgIpc) is 3.10. The van der Waals surface area contributed by atoms with Crippen molar-refractivity contribution >= 4 is 33.6 Å². The number of benzene rings is 2. The summed E-state index contributed by atoms with van der Waals surface area (Å²) in [6.07, 6.45) is 0. The van der Waals surface area contributed by atoms with Crippen molar-refractivity contribution in [2.45, 2.75) is 0 Å². The Morgan fingerprint density at radius 3 is 2.40 bits per heavy atom. The van der Waals surface area contributed by atoms with Crippen LogP contribution < -0.4 is 10.2 Å². The molecule has 128 valence electrons. The number of rotatable bonds is 6. The Morgan fingerprint density at radius 1 is 1.12 bits per heavy atom. The van der Waals surface area contributed by atoms with Gasteiger partial charge in [-0.25, -0.2) is 4.98 Å². The Kier molecular flexibility index (Phi) is 5.11. The highest BCUT2D eigenvalue weighted by atomic mass is 32.1. The van der Waals surface area contributed by atoms with Crippen molar-refractivity contribution in [3.05, 3.63) is 59.5 Å². The predicted octanol–water partition coefficient (Wildman–Crippen LogP) is 3.79. The molecule has 0 radical (unpaired) electrons. The highest BCUT2D eigenvalue weighted by Crippen LogP contribution is 2.28. The number of ketones is 1. The molecule has 0 amide bonds. The summed E-state index contributed by atoms with van der Waals surface area (Å²) < 4.78 is 0. The summed E-state index contributed by atoms with van der Waals surface area (Å²) in [4.78, 5) is 18.1. The summed E-state index contributed by atoms with van der Waals surface area (Å²) in [5, 5.41) is 15.0. The number of Topliss-reactive ketones (excluding diaryl/α,β-unsaturated/α-hetero) is 1. The number of aromatic nitrogens is 1. The molecule has 2 N–H and O–H groups in total. The van der Waals surface area contributed by atoms with E-state index >= 15 is 0 Å². The molecule has 0 unspecified atom stereocenters. The second-order valence-corrected chi connectivity index (χ2v) is 6.62. The van der Waals surface area contributed by atoms with Gasteiger partial charge in [0.1, 0.15) is 6.61 Å². The predicted molar refractivity (Wildman–Crippen MR) is 103 cm³/mol. The van der Waals surface area contributed by atoms with Gasteiger partial charge >= 0.3 is 0 Å². The highest BCUT2D eigenvalue weighted by molar-refractivity contribution is 7.14. The lowest BCUT2D eigenvalue weighted by atomic mass is 10.1. The monoisotopic (exact) mass is 353 g/mol. The Balaban J connectivity index is 1.72. The van der Waals surface area contributed by atoms with Crippen LogP contribution in [0.4, 0.5) is 16.5 Å². The van der Waals surface area contributed by atoms with Crippen molar-refractivity contribution in [2.75, 3.05) is 30.9 Å². The molecular weight excluding hydrogens is 334 g/mol. The number of nitrogens with one attached hydrogen (secondary N) is 1. The van der Waals surface area contributed by atoms with Gasteiger partial charge in [0.15, 0.2) is 10.9 Å². The molecule has 0 spiro atoms. The van der Waals surface area contributed by atoms with E-state index in [1.165, 1.54) is 11.3 Å². The minimum atomic E-state index is -0.475. The van der Waals surface area contributed by atoms with Gasteiger partial charge in [0.25, 0.3) is 0 Å². The van der Waals surface area contributed by atoms with Crippen LogP contribution in [-0.2, 0) is 0 Å². The average molecular weight is 353 g/mol. The zero-order valence-electron chi connectivity index (χ0n) is 14.1. The molecule has 0 bridgehead atoms. The molecule has 1 heterocycles. The minimum absolute atomic E-state index is 0.284. The summed E-state index contributed by atoms with van der Waals surface area (Å²) in [6, 6.07) is 15.2. The van der Waals surface area contributed by atoms with Crippen LogP contribution in [0.2, 0.25) is 0 Å². The van der Waals surface area contributed by atoms with Gasteiger partial charge in [-0.2, -0.15) is 0 Å². The number of nitrogens with zero attached hydrogens (tertiary/aromatic N) is 2. The van der Waals surface area contributed by atoms with E-state index in [0.717, 1.165) is 27.8 Å². The van der Waals surface area contributed by atoms with Crippen molar-refractivity contribution in [1.82, 2.24) is 4.98 Å². The number of aliphatic hydroxyl groups excluding tert-OH is 1. The number of carbonyl (C=O) groups excluding carboxylic acids is 1. The molecule has 0 atom stereocenters. The van der Waals surface area contributed by atoms with Gasteiger partial charge in [-0.15, -0.1) is 11.3 Å². The third-order valence-corrected chi connectivity index (χ3v) is 4.54. The van der Waals surface area contributed by atoms with Crippen molar-refractivity contribution in [3.63, 3.8) is 0 Å². The zero-order chi connectivity index (χ0) is 17.8. The van der Waals surface area contributed by atoms with Gasteiger partial charge in [0.05, 0.1) is 5.69 Å². The zero-order valence-corrected chi connectivity index (χ0v) is 14.9. The fourth-order valence-corrected chi connectivity index (χ4v) is 3.09. The molecule has 3 rings (SSSR count). The lowest BCUT2D eigenvalue weighted by Gasteiger charge is -2.12. The summed E-state index contributed by atoms with van der Waals surface area (Å²) in [6.45, 7) is -0.475. The fourth-order valence-electron chi connectivity index (χ4n) is 2.35. The molecule has 1 aromatic heterocycles. The van der Waals surface area contributed by atoms with Crippen LogP contribution in [0, 0.1) is 0 Å². The Hall–Kier alpha value is -2.70. The van der Waals surface area contributed by atoms with Crippen LogP contribution in [0.1, 0.15) is 10.4 Å². The number of hydrogen-bond donors (Lipinski definition) is 2. The first kappa shape index (κ1) is 17.1. The van der Waals surface area contributed by atoms with E-state index in [9.17, 15) is 4.79 Å². The van der Waals surface area contributed by atoms with Crippen LogP contribution in [0.3, 0.4) is 0 Å². The summed E-state index contributed by atoms with van der Waals surface area (Å²) in [7, 11) is 4.02. The molecule has 5 nitrogen and oxygen atoms in total. The van der Waals surface area contributed by atoms with Crippen molar-refractivity contribution in [2.24, 2.45) is 0 Å². The van der Waals surface area contributed by atoms with E-state index in [1.54, 1.807) is 12.1 Å². The third-order valence-electron chi connectivity index (χ3n) is 3.79. The van der Waals surface area contributed by atoms with Gasteiger partial charge in [-0.1, -0.05) is 24.3 Å². The van der Waals surface area contributed by atoms with Gasteiger partial charge in [0, 0.05) is 42.0 Å². The molecule has 0 aliphatic heterocycles. The largest absolute Gasteiger partial charge is 0.388 e. The summed E-state index contributed by atoms with van der Waals surface area (Å²) >= 11 is 1.53. The second-order valence-electron chi connectivity index (χ2n) is 5.76. The lowest BCUT2D eigenvalue weighted by Crippen LogP contribution is -2.08. The Bertz CT molecular complexity index is 855. The maximum atomic E-state index is 11.5. The lowest BCUT2D eigenvalue weighted by molar-refractivity contribution is 0.0904. The van der Waals surface area contributed by atoms with E-state index in [4.69, 9.17) is 5.11 Å². The van der Waals surface area contributed by atoms with Gasteiger partial charge in [-0.3, -0.25) is 4.79 Å². The van der Waals surface area contributed by atoms with Gasteiger partial charge < -0.3 is 15.3 Å². The van der Waals surface area contributed by atoms with E-state index < -0.39 is 6.61 Å². The molecule has 0 saturated heterocycles. The molecule has 0 aliphatic carbocycles. The van der Waals surface area contributed by atoms with Crippen LogP contribution in [-0.4, -0.2) is 36.6 Å². The van der Waals surface area contributed by atoms with Gasteiger partial charge in [0.2, 0.25) is 0 Å². The van der Waals surface area contributed by atoms with E-state index in [2.05, 4.69) is 15.2 Å². The number of aliphatic hydroxyl groups is 1. The molecule has 0 aliphatic rings. The fraction of sp³-hybridized carbons (Fsp3) is 0.158. The number of thiazole rings is 1. The molecule has 3 aromatic rings. The Labute approximate surface area is 150 Å². The van der Waals surface area contributed by atoms with Crippen LogP contribution in [0.25, 0.3) is 11.3 Å². The molecule has 25 heavy (non-hydrogen) atoms. The third kappa shape index (κ3) is 4.04. The highest BCUT2D eigenvalue weighted by Gasteiger charge is 2.08. The number of anilines is 3. The van der Waals surface area contributed by atoms with Crippen molar-refractivity contribution in [1.29, 1.82) is 0 Å². The maximum absolute atomic E-state index is 11.5. The molecule has 0 saturated carbocycles. The molecular formula is C19H19N3O2S. The van der Waals surface area contributed by atoms with Crippen LogP contribution in [0.5, 0.6) is 0 Å². The first-order chi connectivity index (χ1) is 12.1. The van der Waals surface area contributed by atoms with Gasteiger partial charge in [-0.05, 0) is 24.3 Å². The smallest absolute Gasteiger partial charge is 0.188 e. The van der Waals surface area contributed by atoms with E-state index in [0.29, 0.717) is 5.56 Å². The SMILES string of the molecule is CN(C)c1ccc(Nc2nc(-c3ccc(C(=O)CO)cc3)cs2)cc1. The molecule has 0 fully saturated rings. The molecule has 6 heteroatoms. The minimum Gasteiger partial charge on any atom is -0.388 e. The van der Waals surface area contributed by atoms with Crippen LogP contribution in [0.15, 0.2) is 53.9 Å². The maximum Gasteiger partial charge on any atom is 0.188 e. The summed E-state index contributed by atoms with van der Waals surface area (Å²) in [5.74, 6) is -0.284. The van der Waals surface area contributed by atoms with E-state index in [-0.39, 0.29) is 5.78 Å². The van der Waals surface area contributed by atoms with Crippen molar-refractivity contribution < 1.29 is 9.90 Å². The Morgan fingerprint density at radius 2 is 1.80 bits per heavy atom. The number of carbonyl (C=O) groups is 1. The topological polar surface area (TPSA) is 65.5 Å². The first-order valence-corrected chi connectivity index (χ1v) is 8.69. The van der Waals surface area contributed by atoms with E-state index in [1.807, 2.05) is 55.9 Å². The molecule has 2 aromatic carbocycles. The quantitative estimate of drug-likeness (QED) is 0.660. The normalized spacial score (nSPS) is 10.5. The van der Waals surface area contributed by atoms with Crippen LogP contribution >= 0.6 is 11.3 Å². The first-order valence-electron chi connectivity index (χ1n) is 7.81. The summed E-state index contributed by atoms with van der Waals surface area (Å²) in [5.41, 5.74) is 4.40. The van der Waals surface area contributed by atoms with Crippen molar-refractivity contribution in [3.8, 4) is 11.3 Å². The second kappa shape index (κ2) is 7.46.